The molecule has 174 valence electrons. The first-order valence-corrected chi connectivity index (χ1v) is 13.0. The van der Waals surface area contributed by atoms with E-state index < -0.39 is 0 Å². The Kier molecular flexibility index (Phi) is 6.38. The fraction of sp³-hybridized carbons (Fsp3) is 0.793. The zero-order chi connectivity index (χ0) is 22.6. The Bertz CT molecular complexity index is 750. The zero-order valence-electron chi connectivity index (χ0n) is 20.6. The fourth-order valence-corrected chi connectivity index (χ4v) is 8.63. The summed E-state index contributed by atoms with van der Waals surface area (Å²) in [5, 5.41) is 21.6. The molecule has 31 heavy (non-hydrogen) atoms. The normalized spacial score (nSPS) is 46.6. The number of allylic oxidation sites excluding steroid dienone is 3. The lowest BCUT2D eigenvalue weighted by Crippen LogP contribution is -2.54. The summed E-state index contributed by atoms with van der Waals surface area (Å²) >= 11 is 0. The van der Waals surface area contributed by atoms with Crippen molar-refractivity contribution in [3.63, 3.8) is 0 Å². The molecule has 0 aliphatic heterocycles. The zero-order valence-corrected chi connectivity index (χ0v) is 20.6. The molecule has 2 nitrogen and oxygen atoms in total. The lowest BCUT2D eigenvalue weighted by Gasteiger charge is -2.59. The van der Waals surface area contributed by atoms with Gasteiger partial charge in [-0.25, -0.2) is 0 Å². The quantitative estimate of drug-likeness (QED) is 0.481. The second-order valence-corrected chi connectivity index (χ2v) is 12.1. The third-order valence-electron chi connectivity index (χ3n) is 10.5. The Labute approximate surface area is 190 Å². The molecule has 0 aromatic heterocycles. The molecule has 0 aromatic rings. The van der Waals surface area contributed by atoms with E-state index in [0.29, 0.717) is 40.9 Å². The first kappa shape index (κ1) is 23.3. The SMILES string of the molecule is C=C(C)[C@@H](/C=C/[C@@H](C)[C@H]1CCC2C3C(CC[C@@]21C)[C@@]1(C)CC[C@H](O)CC1=C[C@@H]3O)CC. The molecule has 0 spiro atoms. The Morgan fingerprint density at radius 3 is 2.55 bits per heavy atom. The van der Waals surface area contributed by atoms with Gasteiger partial charge in [-0.15, -0.1) is 0 Å². The van der Waals surface area contributed by atoms with Gasteiger partial charge < -0.3 is 10.2 Å². The van der Waals surface area contributed by atoms with Crippen LogP contribution in [0.4, 0.5) is 0 Å². The highest BCUT2D eigenvalue weighted by atomic mass is 16.3. The molecule has 0 saturated heterocycles. The van der Waals surface area contributed by atoms with Crippen LogP contribution in [0, 0.1) is 46.3 Å². The standard InChI is InChI=1S/C29H46O2/c1-7-20(18(2)3)9-8-19(4)23-10-11-24-27-25(13-15-29(23,24)6)28(5)14-12-22(30)16-21(28)17-26(27)31/h8-9,17,19-20,22-27,30-31H,2,7,10-16H2,1,3-6H3/b9-8+/t19-,20-,22+,23-,24?,25?,26+,27?,28+,29-/m1/s1. The molecule has 4 aliphatic rings. The average molecular weight is 427 g/mol. The van der Waals surface area contributed by atoms with Crippen LogP contribution in [0.25, 0.3) is 0 Å². The van der Waals surface area contributed by atoms with Crippen molar-refractivity contribution in [3.8, 4) is 0 Å². The molecule has 4 rings (SSSR count). The van der Waals surface area contributed by atoms with Crippen LogP contribution >= 0.6 is 0 Å². The van der Waals surface area contributed by atoms with Crippen molar-refractivity contribution in [2.75, 3.05) is 0 Å². The maximum atomic E-state index is 11.3. The monoisotopic (exact) mass is 426 g/mol. The van der Waals surface area contributed by atoms with Crippen LogP contribution in [-0.2, 0) is 0 Å². The summed E-state index contributed by atoms with van der Waals surface area (Å²) in [6, 6.07) is 0. The largest absolute Gasteiger partial charge is 0.393 e. The van der Waals surface area contributed by atoms with Gasteiger partial charge in [-0.1, -0.05) is 63.6 Å². The number of hydrogen-bond donors (Lipinski definition) is 2. The van der Waals surface area contributed by atoms with Crippen molar-refractivity contribution in [2.24, 2.45) is 46.3 Å². The van der Waals surface area contributed by atoms with Gasteiger partial charge in [0.05, 0.1) is 12.2 Å². The van der Waals surface area contributed by atoms with E-state index in [4.69, 9.17) is 0 Å². The fourth-order valence-electron chi connectivity index (χ4n) is 8.63. The summed E-state index contributed by atoms with van der Waals surface area (Å²) in [7, 11) is 0. The molecule has 0 amide bonds. The highest BCUT2D eigenvalue weighted by molar-refractivity contribution is 5.28. The molecule has 10 atom stereocenters. The molecular formula is C29H46O2. The summed E-state index contributed by atoms with van der Waals surface area (Å²) in [5.41, 5.74) is 3.12. The molecule has 4 aliphatic carbocycles. The van der Waals surface area contributed by atoms with Crippen molar-refractivity contribution >= 4 is 0 Å². The predicted molar refractivity (Wildman–Crippen MR) is 129 cm³/mol. The summed E-state index contributed by atoms with van der Waals surface area (Å²) in [6.07, 6.45) is 15.5. The Balaban J connectivity index is 1.57. The average Bonchev–Trinajstić information content (AvgIpc) is 3.06. The molecule has 3 saturated carbocycles. The van der Waals surface area contributed by atoms with Crippen molar-refractivity contribution < 1.29 is 10.2 Å². The van der Waals surface area contributed by atoms with Crippen LogP contribution in [0.3, 0.4) is 0 Å². The highest BCUT2D eigenvalue weighted by Gasteiger charge is 2.60. The van der Waals surface area contributed by atoms with Crippen LogP contribution < -0.4 is 0 Å². The van der Waals surface area contributed by atoms with Crippen LogP contribution in [-0.4, -0.2) is 22.4 Å². The van der Waals surface area contributed by atoms with E-state index in [0.717, 1.165) is 25.7 Å². The van der Waals surface area contributed by atoms with E-state index >= 15 is 0 Å². The lowest BCUT2D eigenvalue weighted by molar-refractivity contribution is -0.0950. The molecular weight excluding hydrogens is 380 g/mol. The van der Waals surface area contributed by atoms with E-state index in [2.05, 4.69) is 59.4 Å². The predicted octanol–water partition coefficient (Wildman–Crippen LogP) is 6.69. The van der Waals surface area contributed by atoms with Crippen LogP contribution in [0.15, 0.2) is 36.0 Å². The number of rotatable bonds is 5. The first-order chi connectivity index (χ1) is 14.6. The summed E-state index contributed by atoms with van der Waals surface area (Å²) in [6.45, 7) is 16.0. The van der Waals surface area contributed by atoms with Gasteiger partial charge in [-0.2, -0.15) is 0 Å². The van der Waals surface area contributed by atoms with Crippen molar-refractivity contribution in [1.29, 1.82) is 0 Å². The van der Waals surface area contributed by atoms with E-state index in [-0.39, 0.29) is 17.6 Å². The molecule has 3 fully saturated rings. The summed E-state index contributed by atoms with van der Waals surface area (Å²) in [5.74, 6) is 3.36. The third-order valence-corrected chi connectivity index (χ3v) is 10.5. The number of hydrogen-bond acceptors (Lipinski definition) is 2. The van der Waals surface area contributed by atoms with Gasteiger partial charge in [0, 0.05) is 0 Å². The summed E-state index contributed by atoms with van der Waals surface area (Å²) < 4.78 is 0. The second kappa shape index (κ2) is 8.49. The smallest absolute Gasteiger partial charge is 0.0757 e. The van der Waals surface area contributed by atoms with E-state index in [1.807, 2.05) is 0 Å². The van der Waals surface area contributed by atoms with Gasteiger partial charge in [0.25, 0.3) is 0 Å². The topological polar surface area (TPSA) is 40.5 Å². The minimum absolute atomic E-state index is 0.184. The molecule has 3 unspecified atom stereocenters. The van der Waals surface area contributed by atoms with Crippen LogP contribution in [0.2, 0.25) is 0 Å². The van der Waals surface area contributed by atoms with E-state index in [1.165, 1.54) is 36.8 Å². The second-order valence-electron chi connectivity index (χ2n) is 12.1. The van der Waals surface area contributed by atoms with Crippen molar-refractivity contribution in [2.45, 2.75) is 98.2 Å². The Morgan fingerprint density at radius 1 is 1.13 bits per heavy atom. The minimum atomic E-state index is -0.333. The number of aliphatic hydroxyl groups excluding tert-OH is 2. The number of fused-ring (bicyclic) bond motifs is 5. The number of aliphatic hydroxyl groups is 2. The van der Waals surface area contributed by atoms with Gasteiger partial charge in [-0.05, 0) is 105 Å². The minimum Gasteiger partial charge on any atom is -0.393 e. The van der Waals surface area contributed by atoms with E-state index in [1.54, 1.807) is 0 Å². The molecule has 0 bridgehead atoms. The maximum Gasteiger partial charge on any atom is 0.0757 e. The molecule has 0 heterocycles. The highest BCUT2D eigenvalue weighted by Crippen LogP contribution is 2.67. The molecule has 2 heteroatoms. The van der Waals surface area contributed by atoms with Gasteiger partial charge in [0.15, 0.2) is 0 Å². The third kappa shape index (κ3) is 3.80. The Hall–Kier alpha value is -0.860. The Morgan fingerprint density at radius 2 is 1.87 bits per heavy atom. The van der Waals surface area contributed by atoms with Crippen molar-refractivity contribution in [1.82, 2.24) is 0 Å². The van der Waals surface area contributed by atoms with Gasteiger partial charge in [0.2, 0.25) is 0 Å². The maximum absolute atomic E-state index is 11.3. The summed E-state index contributed by atoms with van der Waals surface area (Å²) in [4.78, 5) is 0. The van der Waals surface area contributed by atoms with Gasteiger partial charge in [-0.3, -0.25) is 0 Å². The molecule has 0 radical (unpaired) electrons. The van der Waals surface area contributed by atoms with Crippen LogP contribution in [0.1, 0.15) is 86.0 Å². The van der Waals surface area contributed by atoms with Crippen LogP contribution in [0.5, 0.6) is 0 Å². The first-order valence-electron chi connectivity index (χ1n) is 13.0. The molecule has 2 N–H and O–H groups in total. The van der Waals surface area contributed by atoms with Gasteiger partial charge in [0.1, 0.15) is 0 Å². The van der Waals surface area contributed by atoms with E-state index in [9.17, 15) is 10.2 Å². The van der Waals surface area contributed by atoms with Crippen molar-refractivity contribution in [3.05, 3.63) is 36.0 Å². The van der Waals surface area contributed by atoms with Gasteiger partial charge >= 0.3 is 0 Å². The lowest BCUT2D eigenvalue weighted by atomic mass is 9.46. The molecule has 0 aromatic carbocycles.